The maximum absolute atomic E-state index is 12.5. The molecule has 2 rings (SSSR count). The molecule has 1 atom stereocenters. The minimum atomic E-state index is -0.117. The van der Waals surface area contributed by atoms with Gasteiger partial charge >= 0.3 is 6.03 Å². The Kier molecular flexibility index (Phi) is 4.65. The van der Waals surface area contributed by atoms with Crippen LogP contribution in [0.2, 0.25) is 5.02 Å². The van der Waals surface area contributed by atoms with Crippen molar-refractivity contribution in [2.24, 2.45) is 5.92 Å². The molecule has 0 bridgehead atoms. The molecule has 1 unspecified atom stereocenters. The predicted molar refractivity (Wildman–Crippen MR) is 79.2 cm³/mol. The normalized spacial score (nSPS) is 18.8. The highest BCUT2D eigenvalue weighted by molar-refractivity contribution is 6.30. The van der Waals surface area contributed by atoms with E-state index >= 15 is 0 Å². The molecule has 0 aromatic heterocycles. The molecule has 1 saturated heterocycles. The van der Waals surface area contributed by atoms with Gasteiger partial charge in [-0.05, 0) is 37.1 Å². The van der Waals surface area contributed by atoms with E-state index in [-0.39, 0.29) is 17.7 Å². The molecule has 1 aliphatic rings. The van der Waals surface area contributed by atoms with E-state index < -0.39 is 0 Å². The van der Waals surface area contributed by atoms with Crippen LogP contribution in [0, 0.1) is 5.92 Å². The van der Waals surface area contributed by atoms with Crippen molar-refractivity contribution in [3.05, 3.63) is 34.9 Å². The Balaban J connectivity index is 2.07. The standard InChI is InChI=1S/C15H19ClN2O2/c1-17(2)15(20)18-9-3-4-12(10-18)14(19)11-5-7-13(16)8-6-11/h5-8,12H,3-4,9-10H2,1-2H3. The van der Waals surface area contributed by atoms with Gasteiger partial charge in [0.1, 0.15) is 0 Å². The van der Waals surface area contributed by atoms with E-state index in [2.05, 4.69) is 0 Å². The fraction of sp³-hybridized carbons (Fsp3) is 0.467. The van der Waals surface area contributed by atoms with Crippen molar-refractivity contribution < 1.29 is 9.59 Å². The number of rotatable bonds is 2. The van der Waals surface area contributed by atoms with E-state index in [1.807, 2.05) is 0 Å². The molecule has 0 N–H and O–H groups in total. The average molecular weight is 295 g/mol. The number of urea groups is 1. The third kappa shape index (κ3) is 3.31. The number of piperidine rings is 1. The lowest BCUT2D eigenvalue weighted by Gasteiger charge is -2.33. The number of ketones is 1. The summed E-state index contributed by atoms with van der Waals surface area (Å²) >= 11 is 5.83. The summed E-state index contributed by atoms with van der Waals surface area (Å²) in [7, 11) is 3.46. The number of carbonyl (C=O) groups is 2. The van der Waals surface area contributed by atoms with E-state index in [0.29, 0.717) is 17.1 Å². The van der Waals surface area contributed by atoms with Gasteiger partial charge in [-0.1, -0.05) is 11.6 Å². The lowest BCUT2D eigenvalue weighted by atomic mass is 9.90. The van der Waals surface area contributed by atoms with Crippen LogP contribution in [0.5, 0.6) is 0 Å². The SMILES string of the molecule is CN(C)C(=O)N1CCCC(C(=O)c2ccc(Cl)cc2)C1. The maximum Gasteiger partial charge on any atom is 0.319 e. The second-order valence-corrected chi connectivity index (χ2v) is 5.77. The first-order valence-corrected chi connectivity index (χ1v) is 7.13. The number of nitrogens with zero attached hydrogens (tertiary/aromatic N) is 2. The third-order valence-corrected chi connectivity index (χ3v) is 3.83. The molecule has 0 spiro atoms. The van der Waals surface area contributed by atoms with E-state index in [1.165, 1.54) is 0 Å². The Hall–Kier alpha value is -1.55. The zero-order valence-electron chi connectivity index (χ0n) is 11.8. The molecular weight excluding hydrogens is 276 g/mol. The van der Waals surface area contributed by atoms with Crippen molar-refractivity contribution in [2.45, 2.75) is 12.8 Å². The summed E-state index contributed by atoms with van der Waals surface area (Å²) < 4.78 is 0. The number of amides is 2. The van der Waals surface area contributed by atoms with Gasteiger partial charge in [0.2, 0.25) is 0 Å². The number of carbonyl (C=O) groups excluding carboxylic acids is 2. The van der Waals surface area contributed by atoms with Gasteiger partial charge in [0, 0.05) is 43.7 Å². The number of Topliss-reactive ketones (excluding diaryl/α,β-unsaturated/α-hetero) is 1. The van der Waals surface area contributed by atoms with Crippen molar-refractivity contribution in [1.29, 1.82) is 0 Å². The van der Waals surface area contributed by atoms with Crippen molar-refractivity contribution in [2.75, 3.05) is 27.2 Å². The molecule has 0 radical (unpaired) electrons. The van der Waals surface area contributed by atoms with Crippen LogP contribution in [-0.2, 0) is 0 Å². The van der Waals surface area contributed by atoms with Gasteiger partial charge in [-0.25, -0.2) is 4.79 Å². The average Bonchev–Trinajstić information content (AvgIpc) is 2.46. The Morgan fingerprint density at radius 3 is 2.50 bits per heavy atom. The molecule has 0 saturated carbocycles. The van der Waals surface area contributed by atoms with Crippen LogP contribution in [0.1, 0.15) is 23.2 Å². The largest absolute Gasteiger partial charge is 0.331 e. The molecule has 108 valence electrons. The van der Waals surface area contributed by atoms with Crippen molar-refractivity contribution >= 4 is 23.4 Å². The zero-order valence-corrected chi connectivity index (χ0v) is 12.6. The van der Waals surface area contributed by atoms with E-state index in [0.717, 1.165) is 19.4 Å². The molecule has 1 heterocycles. The minimum absolute atomic E-state index is 0.0291. The fourth-order valence-corrected chi connectivity index (χ4v) is 2.62. The summed E-state index contributed by atoms with van der Waals surface area (Å²) in [5.41, 5.74) is 0.665. The highest BCUT2D eigenvalue weighted by Gasteiger charge is 2.29. The molecule has 0 aliphatic carbocycles. The predicted octanol–water partition coefficient (Wildman–Crippen LogP) is 2.92. The van der Waals surface area contributed by atoms with Gasteiger partial charge in [-0.2, -0.15) is 0 Å². The quantitative estimate of drug-likeness (QED) is 0.787. The molecule has 1 fully saturated rings. The number of hydrogen-bond acceptors (Lipinski definition) is 2. The highest BCUT2D eigenvalue weighted by Crippen LogP contribution is 2.22. The van der Waals surface area contributed by atoms with Gasteiger partial charge in [0.05, 0.1) is 0 Å². The van der Waals surface area contributed by atoms with Gasteiger partial charge in [0.15, 0.2) is 5.78 Å². The summed E-state index contributed by atoms with van der Waals surface area (Å²) in [6, 6.07) is 6.91. The monoisotopic (exact) mass is 294 g/mol. The topological polar surface area (TPSA) is 40.6 Å². The first-order chi connectivity index (χ1) is 9.49. The molecule has 1 aliphatic heterocycles. The van der Waals surface area contributed by atoms with Crippen LogP contribution in [0.3, 0.4) is 0 Å². The minimum Gasteiger partial charge on any atom is -0.331 e. The zero-order chi connectivity index (χ0) is 14.7. The van der Waals surface area contributed by atoms with Crippen LogP contribution in [0.4, 0.5) is 4.79 Å². The lowest BCUT2D eigenvalue weighted by molar-refractivity contribution is 0.0831. The highest BCUT2D eigenvalue weighted by atomic mass is 35.5. The second-order valence-electron chi connectivity index (χ2n) is 5.33. The van der Waals surface area contributed by atoms with Gasteiger partial charge in [-0.15, -0.1) is 0 Å². The summed E-state index contributed by atoms with van der Waals surface area (Å²) in [6.07, 6.45) is 1.70. The van der Waals surface area contributed by atoms with Crippen LogP contribution >= 0.6 is 11.6 Å². The first kappa shape index (κ1) is 14.9. The molecule has 1 aromatic carbocycles. The molecular formula is C15H19ClN2O2. The van der Waals surface area contributed by atoms with E-state index in [1.54, 1.807) is 48.2 Å². The van der Waals surface area contributed by atoms with E-state index in [4.69, 9.17) is 11.6 Å². The van der Waals surface area contributed by atoms with Crippen LogP contribution < -0.4 is 0 Å². The van der Waals surface area contributed by atoms with Gasteiger partial charge < -0.3 is 9.80 Å². The number of likely N-dealkylation sites (tertiary alicyclic amines) is 1. The fourth-order valence-electron chi connectivity index (χ4n) is 2.50. The van der Waals surface area contributed by atoms with Crippen molar-refractivity contribution in [3.8, 4) is 0 Å². The molecule has 2 amide bonds. The molecule has 20 heavy (non-hydrogen) atoms. The first-order valence-electron chi connectivity index (χ1n) is 6.75. The number of halogens is 1. The third-order valence-electron chi connectivity index (χ3n) is 3.57. The molecule has 5 heteroatoms. The van der Waals surface area contributed by atoms with Crippen LogP contribution in [0.15, 0.2) is 24.3 Å². The Morgan fingerprint density at radius 1 is 1.25 bits per heavy atom. The van der Waals surface area contributed by atoms with E-state index in [9.17, 15) is 9.59 Å². The van der Waals surface area contributed by atoms with Crippen LogP contribution in [0.25, 0.3) is 0 Å². The molecule has 4 nitrogen and oxygen atoms in total. The van der Waals surface area contributed by atoms with Gasteiger partial charge in [-0.3, -0.25) is 4.79 Å². The Labute approximate surface area is 124 Å². The molecule has 1 aromatic rings. The Bertz CT molecular complexity index is 499. The summed E-state index contributed by atoms with van der Waals surface area (Å²) in [6.45, 7) is 1.22. The Morgan fingerprint density at radius 2 is 1.90 bits per heavy atom. The summed E-state index contributed by atoms with van der Waals surface area (Å²) in [5, 5.41) is 0.620. The maximum atomic E-state index is 12.5. The second kappa shape index (κ2) is 6.27. The van der Waals surface area contributed by atoms with Crippen LogP contribution in [-0.4, -0.2) is 48.8 Å². The van der Waals surface area contributed by atoms with Crippen molar-refractivity contribution in [1.82, 2.24) is 9.80 Å². The summed E-state index contributed by atoms with van der Waals surface area (Å²) in [4.78, 5) is 27.7. The van der Waals surface area contributed by atoms with Crippen molar-refractivity contribution in [3.63, 3.8) is 0 Å². The summed E-state index contributed by atoms with van der Waals surface area (Å²) in [5.74, 6) is -0.0215. The lowest BCUT2D eigenvalue weighted by Crippen LogP contribution is -2.46. The number of hydrogen-bond donors (Lipinski definition) is 0. The smallest absolute Gasteiger partial charge is 0.319 e. The number of benzene rings is 1. The van der Waals surface area contributed by atoms with Gasteiger partial charge in [0.25, 0.3) is 0 Å².